The van der Waals surface area contributed by atoms with Crippen molar-refractivity contribution in [1.29, 1.82) is 0 Å². The quantitative estimate of drug-likeness (QED) is 0.428. The number of nitrogens with zero attached hydrogens (tertiary/aromatic N) is 2. The fraction of sp³-hybridized carbons (Fsp3) is 0.364. The number of rotatable bonds is 1. The highest BCUT2D eigenvalue weighted by atomic mass is 127. The van der Waals surface area contributed by atoms with Crippen molar-refractivity contribution in [3.8, 4) is 11.2 Å². The Hall–Kier alpha value is -0.385. The van der Waals surface area contributed by atoms with Crippen molar-refractivity contribution in [2.75, 3.05) is 31.2 Å². The van der Waals surface area contributed by atoms with Gasteiger partial charge in [-0.15, -0.1) is 0 Å². The Morgan fingerprint density at radius 1 is 1.47 bits per heavy atom. The minimum Gasteiger partial charge on any atom is -0.378 e. The molecule has 0 saturated carbocycles. The molecule has 0 amide bonds. The number of morpholine rings is 1. The molecule has 0 N–H and O–H groups in total. The third-order valence-electron chi connectivity index (χ3n) is 2.45. The highest BCUT2D eigenvalue weighted by molar-refractivity contribution is 14.2. The van der Waals surface area contributed by atoms with Gasteiger partial charge in [0.25, 0.3) is 0 Å². The molecule has 1 fully saturated rings. The summed E-state index contributed by atoms with van der Waals surface area (Å²) >= 11 is 2.14. The molecule has 1 aromatic rings. The maximum atomic E-state index is 5.79. The molecule has 0 atom stereocenters. The fourth-order valence-electron chi connectivity index (χ4n) is 1.68. The van der Waals surface area contributed by atoms with Crippen LogP contribution in [0.4, 0.5) is 5.69 Å². The van der Waals surface area contributed by atoms with E-state index >= 15 is 0 Å². The monoisotopic (exact) mass is 356 g/mol. The van der Waals surface area contributed by atoms with Gasteiger partial charge in [0.05, 0.1) is 18.9 Å². The number of hydrogen-bond donors (Lipinski definition) is 0. The minimum absolute atomic E-state index is 0.666. The maximum absolute atomic E-state index is 5.79. The Morgan fingerprint density at radius 2 is 2.24 bits per heavy atom. The molecule has 1 aromatic heterocycles. The van der Waals surface area contributed by atoms with Gasteiger partial charge in [0.1, 0.15) is 13.5 Å². The largest absolute Gasteiger partial charge is 0.378 e. The van der Waals surface area contributed by atoms with Crippen molar-refractivity contribution >= 4 is 49.1 Å². The van der Waals surface area contributed by atoms with Crippen LogP contribution in [0.2, 0.25) is 0 Å². The van der Waals surface area contributed by atoms with Crippen molar-refractivity contribution in [1.82, 2.24) is 4.98 Å². The summed E-state index contributed by atoms with van der Waals surface area (Å²) in [5.74, 6) is 3.04. The molecule has 17 heavy (non-hydrogen) atoms. The van der Waals surface area contributed by atoms with Crippen molar-refractivity contribution in [3.63, 3.8) is 0 Å². The number of halogens is 1. The van der Waals surface area contributed by atoms with Gasteiger partial charge in [-0.3, -0.25) is 0 Å². The molecule has 0 unspecified atom stereocenters. The van der Waals surface area contributed by atoms with Gasteiger partial charge in [-0.2, -0.15) is 0 Å². The molecule has 0 bridgehead atoms. The normalized spacial score (nSPS) is 15.2. The van der Waals surface area contributed by atoms with Crippen LogP contribution in [0.1, 0.15) is 5.69 Å². The van der Waals surface area contributed by atoms with Crippen LogP contribution in [-0.4, -0.2) is 39.1 Å². The predicted octanol–water partition coefficient (Wildman–Crippen LogP) is 1.10. The topological polar surface area (TPSA) is 25.4 Å². The lowest BCUT2D eigenvalue weighted by Gasteiger charge is -2.29. The zero-order valence-electron chi connectivity index (χ0n) is 9.15. The van der Waals surface area contributed by atoms with Crippen molar-refractivity contribution in [2.45, 2.75) is 0 Å². The van der Waals surface area contributed by atoms with E-state index in [0.717, 1.165) is 37.7 Å². The molecule has 2 heterocycles. The van der Waals surface area contributed by atoms with Gasteiger partial charge in [0.15, 0.2) is 0 Å². The van der Waals surface area contributed by atoms with E-state index in [0.29, 0.717) is 5.46 Å². The standard InChI is InChI=1S/C11H10BIN2OS/c12-9-7-11(15-2-4-16-5-3-15)10(14-8-9)1-6-17-13/h7-8H,2-5H2. The Balaban J connectivity index is 2.31. The summed E-state index contributed by atoms with van der Waals surface area (Å²) in [5, 5.41) is 2.96. The lowest BCUT2D eigenvalue weighted by molar-refractivity contribution is 0.122. The van der Waals surface area contributed by atoms with Gasteiger partial charge in [-0.05, 0) is 26.2 Å². The van der Waals surface area contributed by atoms with E-state index in [1.54, 1.807) is 6.20 Å². The summed E-state index contributed by atoms with van der Waals surface area (Å²) in [5.41, 5.74) is 2.45. The Bertz CT molecular complexity index is 455. The van der Waals surface area contributed by atoms with Crippen LogP contribution in [0.3, 0.4) is 0 Å². The molecule has 1 aliphatic heterocycles. The summed E-state index contributed by atoms with van der Waals surface area (Å²) in [6.45, 7) is 3.19. The average molecular weight is 356 g/mol. The first-order valence-electron chi connectivity index (χ1n) is 5.18. The van der Waals surface area contributed by atoms with E-state index in [1.807, 2.05) is 6.07 Å². The molecule has 0 spiro atoms. The van der Waals surface area contributed by atoms with Gasteiger partial charge >= 0.3 is 0 Å². The first-order valence-corrected chi connectivity index (χ1v) is 8.54. The molecular weight excluding hydrogens is 346 g/mol. The highest BCUT2D eigenvalue weighted by Gasteiger charge is 2.14. The molecule has 0 aliphatic carbocycles. The van der Waals surface area contributed by atoms with Crippen molar-refractivity contribution in [2.24, 2.45) is 0 Å². The van der Waals surface area contributed by atoms with E-state index < -0.39 is 0 Å². The number of hydrogen-bond acceptors (Lipinski definition) is 4. The molecule has 0 aromatic carbocycles. The summed E-state index contributed by atoms with van der Waals surface area (Å²) in [7, 11) is 7.24. The minimum atomic E-state index is 0.666. The summed E-state index contributed by atoms with van der Waals surface area (Å²) in [6, 6.07) is 1.93. The second-order valence-electron chi connectivity index (χ2n) is 3.54. The van der Waals surface area contributed by atoms with Gasteiger partial charge in [0.2, 0.25) is 0 Å². The number of aromatic nitrogens is 1. The lowest BCUT2D eigenvalue weighted by Crippen LogP contribution is -2.37. The predicted molar refractivity (Wildman–Crippen MR) is 81.1 cm³/mol. The van der Waals surface area contributed by atoms with E-state index in [1.165, 1.54) is 8.93 Å². The lowest BCUT2D eigenvalue weighted by atomic mass is 9.97. The molecule has 86 valence electrons. The second-order valence-corrected chi connectivity index (χ2v) is 5.22. The average Bonchev–Trinajstić information content (AvgIpc) is 2.38. The van der Waals surface area contributed by atoms with Crippen molar-refractivity contribution in [3.05, 3.63) is 18.0 Å². The van der Waals surface area contributed by atoms with Crippen LogP contribution in [-0.2, 0) is 4.74 Å². The smallest absolute Gasteiger partial charge is 0.137 e. The van der Waals surface area contributed by atoms with Crippen LogP contribution in [0.15, 0.2) is 12.3 Å². The van der Waals surface area contributed by atoms with E-state index in [9.17, 15) is 0 Å². The summed E-state index contributed by atoms with van der Waals surface area (Å²) in [4.78, 5) is 6.51. The molecule has 2 rings (SSSR count). The van der Waals surface area contributed by atoms with Gasteiger partial charge < -0.3 is 9.64 Å². The van der Waals surface area contributed by atoms with Crippen LogP contribution >= 0.6 is 30.1 Å². The SMILES string of the molecule is [B]c1cnc(C#CSI)c(N2CCOCC2)c1. The number of ether oxygens (including phenoxy) is 1. The van der Waals surface area contributed by atoms with Crippen LogP contribution in [0, 0.1) is 11.2 Å². The highest BCUT2D eigenvalue weighted by Crippen LogP contribution is 2.18. The third-order valence-corrected chi connectivity index (χ3v) is 3.29. The van der Waals surface area contributed by atoms with Crippen molar-refractivity contribution < 1.29 is 4.74 Å². The van der Waals surface area contributed by atoms with Crippen LogP contribution in [0.5, 0.6) is 0 Å². The Labute approximate surface area is 119 Å². The van der Waals surface area contributed by atoms with Gasteiger partial charge in [-0.25, -0.2) is 4.98 Å². The van der Waals surface area contributed by atoms with Gasteiger partial charge in [0, 0.05) is 40.5 Å². The fourth-order valence-corrected chi connectivity index (χ4v) is 2.14. The first kappa shape index (κ1) is 13.1. The molecular formula is C11H10BIN2OS. The molecule has 1 saturated heterocycles. The molecule has 3 nitrogen and oxygen atoms in total. The van der Waals surface area contributed by atoms with E-state index in [2.05, 4.69) is 42.3 Å². The maximum Gasteiger partial charge on any atom is 0.137 e. The van der Waals surface area contributed by atoms with Crippen LogP contribution < -0.4 is 10.4 Å². The summed E-state index contributed by atoms with van der Waals surface area (Å²) in [6.07, 6.45) is 1.64. The number of anilines is 1. The molecule has 1 aliphatic rings. The van der Waals surface area contributed by atoms with Crippen LogP contribution in [0.25, 0.3) is 0 Å². The number of pyridine rings is 1. The van der Waals surface area contributed by atoms with E-state index in [4.69, 9.17) is 12.6 Å². The Morgan fingerprint density at radius 3 is 2.94 bits per heavy atom. The van der Waals surface area contributed by atoms with E-state index in [-0.39, 0.29) is 0 Å². The van der Waals surface area contributed by atoms with Gasteiger partial charge in [-0.1, -0.05) is 5.46 Å². The Kier molecular flexibility index (Phi) is 5.01. The first-order chi connectivity index (χ1) is 8.31. The molecule has 6 heteroatoms. The zero-order valence-corrected chi connectivity index (χ0v) is 12.1. The second kappa shape index (κ2) is 6.52. The summed E-state index contributed by atoms with van der Waals surface area (Å²) < 4.78 is 5.34. The molecule has 2 radical (unpaired) electrons. The zero-order chi connectivity index (χ0) is 12.1. The third kappa shape index (κ3) is 3.53.